The Bertz CT molecular complexity index is 253. The molecule has 1 N–H and O–H groups in total. The van der Waals surface area contributed by atoms with Gasteiger partial charge in [0, 0.05) is 12.0 Å². The number of hydrogen-bond donors (Lipinski definition) is 1. The topological polar surface area (TPSA) is 87.5 Å². The molecule has 1 fully saturated rings. The zero-order chi connectivity index (χ0) is 11.4. The minimum Gasteiger partial charge on any atom is -0.390 e. The first kappa shape index (κ1) is 12.3. The Morgan fingerprint density at radius 3 is 2.73 bits per heavy atom. The molecule has 0 saturated carbocycles. The lowest BCUT2D eigenvalue weighted by Gasteiger charge is -2.41. The second-order valence-corrected chi connectivity index (χ2v) is 3.73. The van der Waals surface area contributed by atoms with Crippen molar-refractivity contribution < 1.29 is 14.6 Å². The molecule has 1 rings (SSSR count). The van der Waals surface area contributed by atoms with Crippen LogP contribution in [0.1, 0.15) is 20.3 Å². The highest BCUT2D eigenvalue weighted by Crippen LogP contribution is 2.29. The Hall–Kier alpha value is -0.810. The number of methoxy groups -OCH3 is 1. The maximum Gasteiger partial charge on any atom is 0.166 e. The Morgan fingerprint density at radius 1 is 1.60 bits per heavy atom. The standard InChI is InChI=1S/C9H17N3O3/c1-4-6-8(13)5(2)7(11-12-10)9(14-3)15-6/h5-9,13H,4H2,1-3H3/t5-,6?,7?,8-,9-/m1/s1. The van der Waals surface area contributed by atoms with E-state index in [9.17, 15) is 5.11 Å². The molecule has 6 nitrogen and oxygen atoms in total. The summed E-state index contributed by atoms with van der Waals surface area (Å²) in [5, 5.41) is 13.5. The van der Waals surface area contributed by atoms with E-state index in [4.69, 9.17) is 15.0 Å². The first-order valence-corrected chi connectivity index (χ1v) is 5.06. The van der Waals surface area contributed by atoms with Crippen LogP contribution in [0.4, 0.5) is 0 Å². The van der Waals surface area contributed by atoms with E-state index >= 15 is 0 Å². The number of rotatable bonds is 3. The molecule has 86 valence electrons. The van der Waals surface area contributed by atoms with Gasteiger partial charge in [-0.2, -0.15) is 0 Å². The molecule has 0 amide bonds. The monoisotopic (exact) mass is 215 g/mol. The fourth-order valence-electron chi connectivity index (χ4n) is 1.87. The van der Waals surface area contributed by atoms with Gasteiger partial charge in [0.25, 0.3) is 0 Å². The van der Waals surface area contributed by atoms with E-state index in [-0.39, 0.29) is 12.0 Å². The van der Waals surface area contributed by atoms with Crippen LogP contribution >= 0.6 is 0 Å². The lowest BCUT2D eigenvalue weighted by atomic mass is 9.88. The van der Waals surface area contributed by atoms with Crippen LogP contribution in [0.15, 0.2) is 5.11 Å². The lowest BCUT2D eigenvalue weighted by Crippen LogP contribution is -2.52. The normalized spacial score (nSPS) is 40.9. The van der Waals surface area contributed by atoms with Gasteiger partial charge in [0.1, 0.15) is 0 Å². The lowest BCUT2D eigenvalue weighted by molar-refractivity contribution is -0.236. The third-order valence-electron chi connectivity index (χ3n) is 2.87. The van der Waals surface area contributed by atoms with Crippen molar-refractivity contribution in [1.82, 2.24) is 0 Å². The van der Waals surface area contributed by atoms with Crippen molar-refractivity contribution in [2.45, 2.75) is 44.8 Å². The highest BCUT2D eigenvalue weighted by atomic mass is 16.7. The molecule has 1 saturated heterocycles. The molecule has 6 heteroatoms. The Balaban J connectivity index is 2.83. The molecule has 15 heavy (non-hydrogen) atoms. The van der Waals surface area contributed by atoms with Crippen molar-refractivity contribution in [2.75, 3.05) is 7.11 Å². The molecule has 0 radical (unpaired) electrons. The number of ether oxygens (including phenoxy) is 2. The maximum absolute atomic E-state index is 9.88. The van der Waals surface area contributed by atoms with Crippen LogP contribution in [-0.4, -0.2) is 36.8 Å². The van der Waals surface area contributed by atoms with E-state index in [1.807, 2.05) is 13.8 Å². The average Bonchev–Trinajstić information content (AvgIpc) is 2.25. The highest BCUT2D eigenvalue weighted by Gasteiger charge is 2.41. The largest absolute Gasteiger partial charge is 0.390 e. The van der Waals surface area contributed by atoms with Crippen molar-refractivity contribution >= 4 is 0 Å². The quantitative estimate of drug-likeness (QED) is 0.439. The van der Waals surface area contributed by atoms with Crippen LogP contribution in [0.2, 0.25) is 0 Å². The first-order chi connectivity index (χ1) is 7.15. The van der Waals surface area contributed by atoms with Gasteiger partial charge in [-0.15, -0.1) is 0 Å². The fraction of sp³-hybridized carbons (Fsp3) is 1.00. The predicted octanol–water partition coefficient (Wildman–Crippen LogP) is 1.44. The first-order valence-electron chi connectivity index (χ1n) is 5.06. The SMILES string of the molecule is CCC1O[C@@H](OC)C(N=[N+]=[N-])[C@@H](C)[C@H]1O. The maximum atomic E-state index is 9.88. The van der Waals surface area contributed by atoms with E-state index in [2.05, 4.69) is 10.0 Å². The summed E-state index contributed by atoms with van der Waals surface area (Å²) in [4.78, 5) is 2.75. The van der Waals surface area contributed by atoms with Crippen LogP contribution < -0.4 is 0 Å². The van der Waals surface area contributed by atoms with Gasteiger partial charge < -0.3 is 14.6 Å². The summed E-state index contributed by atoms with van der Waals surface area (Å²) in [5.74, 6) is -0.162. The van der Waals surface area contributed by atoms with Gasteiger partial charge in [-0.3, -0.25) is 0 Å². The second kappa shape index (κ2) is 5.32. The van der Waals surface area contributed by atoms with Gasteiger partial charge in [-0.25, -0.2) is 0 Å². The number of aliphatic hydroxyl groups excluding tert-OH is 1. The smallest absolute Gasteiger partial charge is 0.166 e. The van der Waals surface area contributed by atoms with Crippen LogP contribution in [0.3, 0.4) is 0 Å². The minimum absolute atomic E-state index is 0.162. The van der Waals surface area contributed by atoms with Crippen molar-refractivity contribution in [1.29, 1.82) is 0 Å². The summed E-state index contributed by atoms with van der Waals surface area (Å²) in [6.07, 6.45) is -0.731. The van der Waals surface area contributed by atoms with Gasteiger partial charge in [-0.05, 0) is 17.9 Å². The third-order valence-corrected chi connectivity index (χ3v) is 2.87. The average molecular weight is 215 g/mol. The molecule has 2 unspecified atom stereocenters. The Morgan fingerprint density at radius 2 is 2.27 bits per heavy atom. The molecular weight excluding hydrogens is 198 g/mol. The minimum atomic E-state index is -0.614. The van der Waals surface area contributed by atoms with Crippen molar-refractivity contribution in [3.8, 4) is 0 Å². The highest BCUT2D eigenvalue weighted by molar-refractivity contribution is 4.90. The van der Waals surface area contributed by atoms with E-state index in [0.29, 0.717) is 6.42 Å². The number of aliphatic hydroxyl groups is 1. The molecule has 5 atom stereocenters. The van der Waals surface area contributed by atoms with E-state index in [1.54, 1.807) is 0 Å². The van der Waals surface area contributed by atoms with Crippen molar-refractivity contribution in [3.05, 3.63) is 10.4 Å². The zero-order valence-corrected chi connectivity index (χ0v) is 9.20. The fourth-order valence-corrected chi connectivity index (χ4v) is 1.87. The zero-order valence-electron chi connectivity index (χ0n) is 9.20. The van der Waals surface area contributed by atoms with Crippen LogP contribution in [0.5, 0.6) is 0 Å². The van der Waals surface area contributed by atoms with Gasteiger partial charge in [0.15, 0.2) is 6.29 Å². The third kappa shape index (κ3) is 2.41. The van der Waals surface area contributed by atoms with E-state index < -0.39 is 18.4 Å². The van der Waals surface area contributed by atoms with Gasteiger partial charge in [0.05, 0.1) is 18.2 Å². The molecule has 1 heterocycles. The number of hydrogen-bond acceptors (Lipinski definition) is 4. The van der Waals surface area contributed by atoms with Gasteiger partial charge in [0.2, 0.25) is 0 Å². The summed E-state index contributed by atoms with van der Waals surface area (Å²) < 4.78 is 10.6. The second-order valence-electron chi connectivity index (χ2n) is 3.73. The molecule has 0 bridgehead atoms. The molecular formula is C9H17N3O3. The van der Waals surface area contributed by atoms with Crippen LogP contribution in [-0.2, 0) is 9.47 Å². The van der Waals surface area contributed by atoms with Crippen molar-refractivity contribution in [2.24, 2.45) is 11.0 Å². The van der Waals surface area contributed by atoms with E-state index in [0.717, 1.165) is 0 Å². The molecule has 1 aliphatic heterocycles. The molecule has 0 aromatic rings. The molecule has 0 aromatic carbocycles. The van der Waals surface area contributed by atoms with Gasteiger partial charge >= 0.3 is 0 Å². The Labute approximate surface area is 88.8 Å². The molecule has 0 aliphatic carbocycles. The summed E-state index contributed by atoms with van der Waals surface area (Å²) in [5.41, 5.74) is 8.42. The number of nitrogens with zero attached hydrogens (tertiary/aromatic N) is 3. The predicted molar refractivity (Wildman–Crippen MR) is 54.1 cm³/mol. The summed E-state index contributed by atoms with van der Waals surface area (Å²) >= 11 is 0. The van der Waals surface area contributed by atoms with Crippen LogP contribution in [0.25, 0.3) is 10.4 Å². The molecule has 0 aromatic heterocycles. The van der Waals surface area contributed by atoms with Crippen LogP contribution in [0, 0.1) is 5.92 Å². The molecule has 1 aliphatic rings. The molecule has 0 spiro atoms. The van der Waals surface area contributed by atoms with E-state index in [1.165, 1.54) is 7.11 Å². The van der Waals surface area contributed by atoms with Crippen molar-refractivity contribution in [3.63, 3.8) is 0 Å². The number of azide groups is 1. The summed E-state index contributed by atoms with van der Waals surface area (Å²) in [6, 6.07) is -0.474. The Kier molecular flexibility index (Phi) is 4.35. The van der Waals surface area contributed by atoms with Gasteiger partial charge in [-0.1, -0.05) is 19.0 Å². The summed E-state index contributed by atoms with van der Waals surface area (Å²) in [6.45, 7) is 3.77. The summed E-state index contributed by atoms with van der Waals surface area (Å²) in [7, 11) is 1.50.